The molecule has 128 valence electrons. The molecule has 1 atom stereocenters. The third-order valence-corrected chi connectivity index (χ3v) is 6.62. The van der Waals surface area contributed by atoms with Gasteiger partial charge in [-0.3, -0.25) is 0 Å². The molecule has 0 radical (unpaired) electrons. The molecule has 4 rings (SSSR count). The number of anilines is 1. The molecule has 1 saturated carbocycles. The lowest BCUT2D eigenvalue weighted by molar-refractivity contribution is 0.496. The molecular weight excluding hydrogens is 342 g/mol. The highest BCUT2D eigenvalue weighted by atomic mass is 32.2. The van der Waals surface area contributed by atoms with E-state index >= 15 is 0 Å². The highest BCUT2D eigenvalue weighted by Crippen LogP contribution is 2.34. The molecule has 0 spiro atoms. The highest BCUT2D eigenvalue weighted by Gasteiger charge is 2.28. The lowest BCUT2D eigenvalue weighted by Crippen LogP contribution is -2.43. The molecule has 5 nitrogen and oxygen atoms in total. The summed E-state index contributed by atoms with van der Waals surface area (Å²) in [6.45, 7) is 4.05. The van der Waals surface area contributed by atoms with Crippen LogP contribution in [0, 0.1) is 0 Å². The van der Waals surface area contributed by atoms with Gasteiger partial charge in [0.15, 0.2) is 5.06 Å². The average molecular weight is 364 g/mol. The van der Waals surface area contributed by atoms with Gasteiger partial charge in [-0.2, -0.15) is 0 Å². The van der Waals surface area contributed by atoms with E-state index in [1.807, 2.05) is 24.3 Å². The van der Waals surface area contributed by atoms with Gasteiger partial charge in [-0.05, 0) is 42.4 Å². The molecule has 1 unspecified atom stereocenters. The first-order valence-corrected chi connectivity index (χ1v) is 10.3. The number of thiophene rings is 1. The van der Waals surface area contributed by atoms with Crippen molar-refractivity contribution in [2.45, 2.75) is 23.1 Å². The summed E-state index contributed by atoms with van der Waals surface area (Å²) in [5.74, 6) is 0.820. The van der Waals surface area contributed by atoms with Crippen molar-refractivity contribution in [1.82, 2.24) is 10.0 Å². The van der Waals surface area contributed by atoms with Gasteiger partial charge in [-0.25, -0.2) is 0 Å². The first-order chi connectivity index (χ1) is 11.8. The van der Waals surface area contributed by atoms with E-state index in [1.54, 1.807) is 0 Å². The maximum Gasteiger partial charge on any atom is 0.231 e. The Balaban J connectivity index is 1.42. The Labute approximate surface area is 149 Å². The highest BCUT2D eigenvalue weighted by molar-refractivity contribution is 7.91. The van der Waals surface area contributed by atoms with E-state index in [9.17, 15) is 4.55 Å². The van der Waals surface area contributed by atoms with Crippen LogP contribution >= 0.6 is 11.3 Å². The van der Waals surface area contributed by atoms with Crippen LogP contribution in [0.3, 0.4) is 0 Å². The summed E-state index contributed by atoms with van der Waals surface area (Å²) in [7, 11) is 0. The van der Waals surface area contributed by atoms with Gasteiger partial charge >= 0.3 is 0 Å². The van der Waals surface area contributed by atoms with Crippen LogP contribution in [-0.2, 0) is 11.4 Å². The maximum atomic E-state index is 12.2. The summed E-state index contributed by atoms with van der Waals surface area (Å²) >= 11 is 0.315. The molecule has 1 aliphatic carbocycles. The molecule has 1 aromatic carbocycles. The van der Waals surface area contributed by atoms with Crippen molar-refractivity contribution in [3.63, 3.8) is 0 Å². The van der Waals surface area contributed by atoms with Crippen molar-refractivity contribution < 1.29 is 9.29 Å². The Bertz CT molecular complexity index is 684. The van der Waals surface area contributed by atoms with E-state index in [0.717, 1.165) is 54.0 Å². The summed E-state index contributed by atoms with van der Waals surface area (Å²) in [6, 6.07) is 12.4. The number of hydrogen-bond donors (Lipinski definition) is 2. The zero-order chi connectivity index (χ0) is 16.4. The maximum absolute atomic E-state index is 12.2. The third kappa shape index (κ3) is 4.04. The van der Waals surface area contributed by atoms with Gasteiger partial charge in [0.2, 0.25) is 4.21 Å². The van der Waals surface area contributed by atoms with Crippen molar-refractivity contribution in [2.24, 2.45) is 0 Å². The largest absolute Gasteiger partial charge is 0.592 e. The summed E-state index contributed by atoms with van der Waals surface area (Å²) in [5, 5.41) is 4.14. The second-order valence-electron chi connectivity index (χ2n) is 6.07. The van der Waals surface area contributed by atoms with Gasteiger partial charge in [-0.1, -0.05) is 6.07 Å². The minimum absolute atomic E-state index is 0.424. The number of ether oxygens (including phenoxy) is 1. The first-order valence-electron chi connectivity index (χ1n) is 8.29. The number of piperazine rings is 1. The molecule has 0 amide bonds. The first kappa shape index (κ1) is 16.2. The van der Waals surface area contributed by atoms with Crippen LogP contribution in [0.4, 0.5) is 5.69 Å². The van der Waals surface area contributed by atoms with Crippen molar-refractivity contribution in [3.8, 4) is 10.8 Å². The van der Waals surface area contributed by atoms with E-state index in [0.29, 0.717) is 6.04 Å². The van der Waals surface area contributed by atoms with E-state index in [2.05, 4.69) is 27.1 Å². The van der Waals surface area contributed by atoms with Crippen LogP contribution in [0.1, 0.15) is 12.8 Å². The molecule has 2 aliphatic rings. The second kappa shape index (κ2) is 7.33. The van der Waals surface area contributed by atoms with Gasteiger partial charge in [0.25, 0.3) is 0 Å². The SMILES string of the molecule is [O-][S+](NC1CC1)c1ccc(Oc2cccc(N3CCNCC3)c2)s1. The van der Waals surface area contributed by atoms with Gasteiger partial charge in [0.05, 0.1) is 17.4 Å². The second-order valence-corrected chi connectivity index (χ2v) is 8.59. The molecule has 2 heterocycles. The fourth-order valence-corrected chi connectivity index (χ4v) is 4.80. The van der Waals surface area contributed by atoms with E-state index in [1.165, 1.54) is 17.0 Å². The van der Waals surface area contributed by atoms with Crippen LogP contribution in [0.5, 0.6) is 10.8 Å². The quantitative estimate of drug-likeness (QED) is 0.773. The zero-order valence-corrected chi connectivity index (χ0v) is 15.0. The average Bonchev–Trinajstić information content (AvgIpc) is 3.31. The standard InChI is InChI=1S/C17H21N3O2S2/c21-24(19-13-4-5-13)17-7-6-16(23-17)22-15-3-1-2-14(12-15)20-10-8-18-9-11-20/h1-3,6-7,12-13,18-19H,4-5,8-11H2. The van der Waals surface area contributed by atoms with Crippen molar-refractivity contribution in [1.29, 1.82) is 0 Å². The fraction of sp³-hybridized carbons (Fsp3) is 0.412. The monoisotopic (exact) mass is 363 g/mol. The Kier molecular flexibility index (Phi) is 4.96. The van der Waals surface area contributed by atoms with Crippen molar-refractivity contribution >= 4 is 28.4 Å². The van der Waals surface area contributed by atoms with Crippen LogP contribution < -0.4 is 19.7 Å². The molecule has 7 heteroatoms. The van der Waals surface area contributed by atoms with Gasteiger partial charge in [-0.15, -0.1) is 4.72 Å². The molecule has 1 aliphatic heterocycles. The van der Waals surface area contributed by atoms with E-state index < -0.39 is 11.4 Å². The number of nitrogens with zero attached hydrogens (tertiary/aromatic N) is 1. The van der Waals surface area contributed by atoms with Crippen molar-refractivity contribution in [3.05, 3.63) is 36.4 Å². The number of hydrogen-bond acceptors (Lipinski definition) is 6. The van der Waals surface area contributed by atoms with Crippen molar-refractivity contribution in [2.75, 3.05) is 31.1 Å². The van der Waals surface area contributed by atoms with Crippen LogP contribution in [0.2, 0.25) is 0 Å². The molecule has 24 heavy (non-hydrogen) atoms. The Morgan fingerprint density at radius 3 is 2.83 bits per heavy atom. The molecule has 2 fully saturated rings. The van der Waals surface area contributed by atoms with Gasteiger partial charge in [0, 0.05) is 44.0 Å². The number of rotatable bonds is 6. The lowest BCUT2D eigenvalue weighted by atomic mass is 10.2. The normalized spacial score (nSPS) is 19.3. The molecule has 2 aromatic rings. The summed E-state index contributed by atoms with van der Waals surface area (Å²) in [6.07, 6.45) is 2.25. The minimum Gasteiger partial charge on any atom is -0.592 e. The molecule has 1 saturated heterocycles. The fourth-order valence-electron chi connectivity index (χ4n) is 2.65. The predicted octanol–water partition coefficient (Wildman–Crippen LogP) is 2.72. The predicted molar refractivity (Wildman–Crippen MR) is 98.5 cm³/mol. The molecule has 0 bridgehead atoms. The van der Waals surface area contributed by atoms with Crippen LogP contribution in [-0.4, -0.2) is 36.8 Å². The van der Waals surface area contributed by atoms with E-state index in [4.69, 9.17) is 4.74 Å². The Morgan fingerprint density at radius 1 is 1.21 bits per heavy atom. The number of nitrogens with one attached hydrogen (secondary N) is 2. The topological polar surface area (TPSA) is 59.6 Å². The Morgan fingerprint density at radius 2 is 2.04 bits per heavy atom. The van der Waals surface area contributed by atoms with E-state index in [-0.39, 0.29) is 0 Å². The smallest absolute Gasteiger partial charge is 0.231 e. The van der Waals surface area contributed by atoms with Crippen LogP contribution in [0.25, 0.3) is 0 Å². The third-order valence-electron chi connectivity index (χ3n) is 4.11. The van der Waals surface area contributed by atoms with Crippen LogP contribution in [0.15, 0.2) is 40.6 Å². The zero-order valence-electron chi connectivity index (χ0n) is 13.4. The summed E-state index contributed by atoms with van der Waals surface area (Å²) in [4.78, 5) is 2.36. The Hall–Kier alpha value is -1.25. The molecule has 2 N–H and O–H groups in total. The van der Waals surface area contributed by atoms with Gasteiger partial charge in [0.1, 0.15) is 5.75 Å². The lowest BCUT2D eigenvalue weighted by Gasteiger charge is -2.29. The molecular formula is C17H21N3O2S2. The molecule has 1 aromatic heterocycles. The van der Waals surface area contributed by atoms with Gasteiger partial charge < -0.3 is 19.5 Å². The number of benzene rings is 1. The minimum atomic E-state index is -1.12. The summed E-state index contributed by atoms with van der Waals surface area (Å²) in [5.41, 5.74) is 1.18. The summed E-state index contributed by atoms with van der Waals surface area (Å²) < 4.78 is 22.1.